The Labute approximate surface area is 298 Å². The molecule has 0 spiro atoms. The van der Waals surface area contributed by atoms with Crippen molar-refractivity contribution in [2.24, 2.45) is 0 Å². The summed E-state index contributed by atoms with van der Waals surface area (Å²) in [6.45, 7) is -2.25. The number of hydrogen-bond donors (Lipinski definition) is 10. The van der Waals surface area contributed by atoms with Crippen molar-refractivity contribution in [3.63, 3.8) is 0 Å². The van der Waals surface area contributed by atoms with Crippen LogP contribution in [0.2, 0.25) is 0 Å². The molecule has 0 radical (unpaired) electrons. The van der Waals surface area contributed by atoms with Crippen molar-refractivity contribution >= 4 is 57.7 Å². The molecule has 32 heteroatoms. The number of fused-ring (bicyclic) bond motifs is 2. The average Bonchev–Trinajstić information content (AvgIpc) is 3.76. The molecule has 2 fully saturated rings. The predicted octanol–water partition coefficient (Wildman–Crippen LogP) is -7.60. The molecule has 280 valence electrons. The molecule has 12 N–H and O–H groups in total. The van der Waals surface area contributed by atoms with Crippen LogP contribution in [0.15, 0.2) is 22.2 Å². The summed E-state index contributed by atoms with van der Waals surface area (Å²) >= 11 is 0. The summed E-state index contributed by atoms with van der Waals surface area (Å²) in [7, 11) is -17.8. The number of H-pyrrole nitrogens is 2. The minimum absolute atomic E-state index is 0. The summed E-state index contributed by atoms with van der Waals surface area (Å²) in [5.74, 6) is -0.634. The molecule has 6 rings (SSSR count). The van der Waals surface area contributed by atoms with E-state index in [1.807, 2.05) is 0 Å². The Bertz CT molecular complexity index is 2080. The fourth-order valence-corrected chi connectivity index (χ4v) is 8.56. The van der Waals surface area contributed by atoms with Crippen molar-refractivity contribution in [3.8, 4) is 0 Å². The Hall–Kier alpha value is -2.93. The fraction of sp³-hybridized carbons (Fsp3) is 0.500. The molecular weight excluding hydrogens is 768 g/mol. The molecule has 2 aliphatic rings. The standard InChI is InChI=1S/C20H27N10O18P3.Li/c21-19-25-13-7(15(35)27-19)23-3-29(13)17-11(33)9(31)5(45-17)1-43-49(37,38)47-51(41,42)48-50(39,40)44-2-6-10(32)12(34)18(46-6)30-4-24-8-14(30)26-20(22)28-16(8)36;/h3-6,9-12,17-18,31-34H,1-2H2,(H,37,38)(H,39,40)(H,41,42)(H3,21,25,27,35)(H3,22,26,28,36);/q;+1/p-1/t5-,6-,9-,10-,11-,12-,17-,18-;/m1./s1. The fourth-order valence-electron chi connectivity index (χ4n) is 5.10. The van der Waals surface area contributed by atoms with E-state index in [0.717, 1.165) is 21.8 Å². The number of imidazole rings is 2. The number of rotatable bonds is 12. The molecule has 4 aromatic heterocycles. The van der Waals surface area contributed by atoms with Crippen LogP contribution in [0.25, 0.3) is 22.3 Å². The smallest absolute Gasteiger partial charge is 0.756 e. The van der Waals surface area contributed by atoms with Crippen molar-refractivity contribution in [1.82, 2.24) is 39.0 Å². The van der Waals surface area contributed by atoms with Crippen molar-refractivity contribution in [2.45, 2.75) is 49.1 Å². The van der Waals surface area contributed by atoms with E-state index >= 15 is 0 Å². The van der Waals surface area contributed by atoms with Gasteiger partial charge in [0.25, 0.3) is 18.9 Å². The minimum atomic E-state index is -6.25. The monoisotopic (exact) mass is 794 g/mol. The molecular formula is C20H26LiN10O18P3. The predicted molar refractivity (Wildman–Crippen MR) is 158 cm³/mol. The van der Waals surface area contributed by atoms with Crippen LogP contribution in [0, 0.1) is 0 Å². The molecule has 2 unspecified atom stereocenters. The quantitative estimate of drug-likeness (QED) is 0.0470. The molecule has 4 aromatic rings. The number of nitrogens with zero attached hydrogens (tertiary/aromatic N) is 6. The SMILES string of the molecule is Nc1nc2c(ncn2[C@@H]2O[C@H](COP(=O)(O)OP(=O)([O-])OP(=O)(O)OC[C@H]3O[C@@H](n4cnc5c(=O)[nH]c(N)nc54)[C@H](O)[C@@H]3O)[C@@H](O)[C@H]2O)c(=O)[nH]1.[Li+]. The van der Waals surface area contributed by atoms with Gasteiger partial charge in [-0.25, -0.2) is 27.7 Å². The number of aliphatic hydroxyl groups excluding tert-OH is 4. The molecule has 0 amide bonds. The second kappa shape index (κ2) is 14.7. The van der Waals surface area contributed by atoms with Crippen LogP contribution in [0.3, 0.4) is 0 Å². The number of nitrogen functional groups attached to an aromatic ring is 2. The average molecular weight is 794 g/mol. The molecule has 2 saturated heterocycles. The number of ether oxygens (including phenoxy) is 2. The molecule has 52 heavy (non-hydrogen) atoms. The Balaban J connectivity index is 0.00000523. The summed E-state index contributed by atoms with van der Waals surface area (Å²) < 4.78 is 66.8. The molecule has 6 heterocycles. The molecule has 0 bridgehead atoms. The van der Waals surface area contributed by atoms with Crippen LogP contribution < -0.4 is 46.3 Å². The van der Waals surface area contributed by atoms with E-state index < -0.39 is 96.9 Å². The number of phosphoric acid groups is 3. The van der Waals surface area contributed by atoms with Crippen molar-refractivity contribution in [1.29, 1.82) is 0 Å². The number of nitrogens with one attached hydrogen (secondary N) is 2. The third-order valence-electron chi connectivity index (χ3n) is 7.33. The van der Waals surface area contributed by atoms with E-state index in [4.69, 9.17) is 20.9 Å². The van der Waals surface area contributed by atoms with Gasteiger partial charge in [-0.05, 0) is 0 Å². The molecule has 0 aliphatic carbocycles. The summed E-state index contributed by atoms with van der Waals surface area (Å²) in [4.78, 5) is 76.1. The maximum absolute atomic E-state index is 12.4. The normalized spacial score (nSPS) is 29.8. The van der Waals surface area contributed by atoms with Gasteiger partial charge < -0.3 is 56.0 Å². The summed E-state index contributed by atoms with van der Waals surface area (Å²) in [5.41, 5.74) is 8.85. The number of aromatic amines is 2. The van der Waals surface area contributed by atoms with Crippen LogP contribution in [-0.4, -0.2) is 119 Å². The van der Waals surface area contributed by atoms with Crippen LogP contribution in [0.1, 0.15) is 12.5 Å². The first-order chi connectivity index (χ1) is 23.8. The zero-order chi connectivity index (χ0) is 37.2. The summed E-state index contributed by atoms with van der Waals surface area (Å²) in [6, 6.07) is 0. The van der Waals surface area contributed by atoms with Gasteiger partial charge in [0.2, 0.25) is 11.9 Å². The van der Waals surface area contributed by atoms with Gasteiger partial charge >= 0.3 is 34.5 Å². The third kappa shape index (κ3) is 8.10. The van der Waals surface area contributed by atoms with Gasteiger partial charge in [-0.2, -0.15) is 9.97 Å². The van der Waals surface area contributed by atoms with E-state index in [2.05, 4.69) is 47.6 Å². The largest absolute Gasteiger partial charge is 1.00 e. The van der Waals surface area contributed by atoms with E-state index in [0.29, 0.717) is 0 Å². The number of anilines is 2. The van der Waals surface area contributed by atoms with Gasteiger partial charge in [-0.1, -0.05) is 0 Å². The van der Waals surface area contributed by atoms with E-state index in [9.17, 15) is 58.4 Å². The molecule has 2 aliphatic heterocycles. The van der Waals surface area contributed by atoms with E-state index in [-0.39, 0.29) is 53.1 Å². The first-order valence-corrected chi connectivity index (χ1v) is 18.4. The topological polar surface area (TPSA) is 430 Å². The molecule has 10 atom stereocenters. The van der Waals surface area contributed by atoms with Gasteiger partial charge in [0, 0.05) is 0 Å². The zero-order valence-electron chi connectivity index (χ0n) is 25.9. The number of nitrogens with two attached hydrogens (primary N) is 2. The Morgan fingerprint density at radius 2 is 1.12 bits per heavy atom. The second-order valence-electron chi connectivity index (χ2n) is 10.8. The third-order valence-corrected chi connectivity index (χ3v) is 11.5. The first kappa shape index (κ1) is 40.3. The summed E-state index contributed by atoms with van der Waals surface area (Å²) in [6.07, 6.45) is -11.5. The zero-order valence-corrected chi connectivity index (χ0v) is 28.6. The number of phosphoric ester groups is 2. The number of aromatic nitrogens is 8. The van der Waals surface area contributed by atoms with Crippen LogP contribution in [0.5, 0.6) is 0 Å². The Morgan fingerprint density at radius 3 is 1.48 bits per heavy atom. The summed E-state index contributed by atoms with van der Waals surface area (Å²) in [5, 5.41) is 41.8. The maximum Gasteiger partial charge on any atom is 1.00 e. The van der Waals surface area contributed by atoms with E-state index in [1.165, 1.54) is 0 Å². The van der Waals surface area contributed by atoms with Gasteiger partial charge in [-0.3, -0.25) is 42.3 Å². The van der Waals surface area contributed by atoms with Crippen molar-refractivity contribution < 1.29 is 94.8 Å². The number of aliphatic hydroxyl groups is 4. The van der Waals surface area contributed by atoms with Gasteiger partial charge in [0.15, 0.2) is 34.8 Å². The van der Waals surface area contributed by atoms with Gasteiger partial charge in [-0.15, -0.1) is 0 Å². The van der Waals surface area contributed by atoms with Crippen LogP contribution in [0.4, 0.5) is 11.9 Å². The van der Waals surface area contributed by atoms with Crippen molar-refractivity contribution in [2.75, 3.05) is 24.7 Å². The minimum Gasteiger partial charge on any atom is -0.756 e. The van der Waals surface area contributed by atoms with E-state index in [1.54, 1.807) is 0 Å². The molecule has 0 aromatic carbocycles. The van der Waals surface area contributed by atoms with Crippen LogP contribution >= 0.6 is 23.5 Å². The van der Waals surface area contributed by atoms with Crippen LogP contribution in [-0.2, 0) is 40.8 Å². The Kier molecular flexibility index (Phi) is 11.4. The second-order valence-corrected chi connectivity index (χ2v) is 15.4. The van der Waals surface area contributed by atoms with Crippen molar-refractivity contribution in [3.05, 3.63) is 33.4 Å². The van der Waals surface area contributed by atoms with Gasteiger partial charge in [0.1, 0.15) is 36.6 Å². The molecule has 0 saturated carbocycles. The van der Waals surface area contributed by atoms with Gasteiger partial charge in [0.05, 0.1) is 25.9 Å². The Morgan fingerprint density at radius 1 is 0.750 bits per heavy atom. The first-order valence-electron chi connectivity index (χ1n) is 13.9. The number of hydrogen-bond acceptors (Lipinski definition) is 22. The maximum atomic E-state index is 12.4. The molecule has 28 nitrogen and oxygen atoms in total.